The predicted octanol–water partition coefficient (Wildman–Crippen LogP) is 2.77. The average Bonchev–Trinajstić information content (AvgIpc) is 2.18. The maximum Gasteiger partial charge on any atom is 0.00201 e. The highest BCUT2D eigenvalue weighted by atomic mass is 14.9. The molecule has 0 spiro atoms. The Balaban J connectivity index is 2.21. The van der Waals surface area contributed by atoms with E-state index < -0.39 is 0 Å². The van der Waals surface area contributed by atoms with E-state index in [-0.39, 0.29) is 0 Å². The molecule has 0 aromatic heterocycles. The summed E-state index contributed by atoms with van der Waals surface area (Å²) in [6.07, 6.45) is 2.66. The van der Waals surface area contributed by atoms with Gasteiger partial charge in [-0.3, -0.25) is 0 Å². The molecule has 1 aliphatic heterocycles. The molecule has 2 rings (SSSR count). The predicted molar refractivity (Wildman–Crippen MR) is 60.8 cm³/mol. The first kappa shape index (κ1) is 9.72. The Morgan fingerprint density at radius 1 is 1.14 bits per heavy atom. The fourth-order valence-electron chi connectivity index (χ4n) is 2.38. The van der Waals surface area contributed by atoms with Gasteiger partial charge in [-0.05, 0) is 44.7 Å². The molecule has 1 aromatic carbocycles. The summed E-state index contributed by atoms with van der Waals surface area (Å²) < 4.78 is 0. The zero-order valence-electron chi connectivity index (χ0n) is 9.14. The summed E-state index contributed by atoms with van der Waals surface area (Å²) in [5, 5.41) is 3.47. The van der Waals surface area contributed by atoms with Crippen molar-refractivity contribution in [2.45, 2.75) is 32.6 Å². The molecule has 1 aromatic rings. The normalized spacial score (nSPS) is 22.3. The first-order valence-electron chi connectivity index (χ1n) is 5.54. The summed E-state index contributed by atoms with van der Waals surface area (Å²) in [5.74, 6) is 0.738. The highest BCUT2D eigenvalue weighted by Gasteiger charge is 2.15. The Hall–Kier alpha value is -0.820. The topological polar surface area (TPSA) is 12.0 Å². The summed E-state index contributed by atoms with van der Waals surface area (Å²) in [5.41, 5.74) is 4.31. The quantitative estimate of drug-likeness (QED) is 0.716. The van der Waals surface area contributed by atoms with Gasteiger partial charge in [0.05, 0.1) is 0 Å². The molecule has 1 N–H and O–H groups in total. The lowest BCUT2D eigenvalue weighted by atomic mass is 9.90. The van der Waals surface area contributed by atoms with Gasteiger partial charge in [0, 0.05) is 6.54 Å². The summed E-state index contributed by atoms with van der Waals surface area (Å²) in [4.78, 5) is 0. The second-order valence-corrected chi connectivity index (χ2v) is 4.46. The van der Waals surface area contributed by atoms with Crippen LogP contribution in [0.1, 0.15) is 35.4 Å². The second kappa shape index (κ2) is 4.14. The fraction of sp³-hybridized carbons (Fsp3) is 0.538. The third-order valence-corrected chi connectivity index (χ3v) is 3.01. The van der Waals surface area contributed by atoms with E-state index in [0.29, 0.717) is 0 Å². The van der Waals surface area contributed by atoms with Crippen molar-refractivity contribution in [3.8, 4) is 0 Å². The van der Waals surface area contributed by atoms with Gasteiger partial charge in [0.15, 0.2) is 0 Å². The van der Waals surface area contributed by atoms with Gasteiger partial charge in [-0.1, -0.05) is 29.3 Å². The number of rotatable bonds is 1. The van der Waals surface area contributed by atoms with Crippen molar-refractivity contribution in [2.75, 3.05) is 13.1 Å². The van der Waals surface area contributed by atoms with Crippen LogP contribution >= 0.6 is 0 Å². The molecule has 0 radical (unpaired) electrons. The number of hydrogen-bond acceptors (Lipinski definition) is 1. The van der Waals surface area contributed by atoms with Crippen molar-refractivity contribution >= 4 is 0 Å². The molecular weight excluding hydrogens is 170 g/mol. The third kappa shape index (κ3) is 2.16. The van der Waals surface area contributed by atoms with Gasteiger partial charge in [0.25, 0.3) is 0 Å². The van der Waals surface area contributed by atoms with Crippen LogP contribution in [0, 0.1) is 13.8 Å². The zero-order valence-corrected chi connectivity index (χ0v) is 9.14. The molecular formula is C13H19N. The molecule has 0 amide bonds. The summed E-state index contributed by atoms with van der Waals surface area (Å²) in [7, 11) is 0. The molecule has 0 bridgehead atoms. The molecule has 76 valence electrons. The fourth-order valence-corrected chi connectivity index (χ4v) is 2.38. The van der Waals surface area contributed by atoms with E-state index >= 15 is 0 Å². The van der Waals surface area contributed by atoms with E-state index in [1.807, 2.05) is 0 Å². The van der Waals surface area contributed by atoms with Crippen LogP contribution in [-0.2, 0) is 0 Å². The lowest BCUT2D eigenvalue weighted by molar-refractivity contribution is 0.461. The van der Waals surface area contributed by atoms with Gasteiger partial charge in [-0.15, -0.1) is 0 Å². The minimum absolute atomic E-state index is 0.738. The van der Waals surface area contributed by atoms with Crippen LogP contribution in [-0.4, -0.2) is 13.1 Å². The van der Waals surface area contributed by atoms with Crippen molar-refractivity contribution in [2.24, 2.45) is 0 Å². The van der Waals surface area contributed by atoms with Gasteiger partial charge < -0.3 is 5.32 Å². The first-order valence-corrected chi connectivity index (χ1v) is 5.54. The first-order chi connectivity index (χ1) is 6.75. The maximum atomic E-state index is 3.47. The van der Waals surface area contributed by atoms with E-state index in [1.54, 1.807) is 0 Å². The molecule has 0 aliphatic carbocycles. The average molecular weight is 189 g/mol. The number of benzene rings is 1. The number of hydrogen-bond donors (Lipinski definition) is 1. The Bertz CT molecular complexity index is 291. The van der Waals surface area contributed by atoms with Crippen molar-refractivity contribution in [3.05, 3.63) is 34.9 Å². The van der Waals surface area contributed by atoms with Gasteiger partial charge in [0.1, 0.15) is 0 Å². The molecule has 1 heteroatoms. The van der Waals surface area contributed by atoms with Gasteiger partial charge >= 0.3 is 0 Å². The minimum atomic E-state index is 0.738. The van der Waals surface area contributed by atoms with Gasteiger partial charge in [-0.25, -0.2) is 0 Å². The largest absolute Gasteiger partial charge is 0.316 e. The highest BCUT2D eigenvalue weighted by Crippen LogP contribution is 2.24. The van der Waals surface area contributed by atoms with Crippen LogP contribution in [0.15, 0.2) is 18.2 Å². The Kier molecular flexibility index (Phi) is 2.87. The van der Waals surface area contributed by atoms with E-state index in [9.17, 15) is 0 Å². The summed E-state index contributed by atoms with van der Waals surface area (Å²) in [6, 6.07) is 6.93. The van der Waals surface area contributed by atoms with E-state index in [4.69, 9.17) is 0 Å². The molecule has 1 saturated heterocycles. The molecule has 1 nitrogen and oxygen atoms in total. The van der Waals surface area contributed by atoms with Gasteiger partial charge in [0.2, 0.25) is 0 Å². The Morgan fingerprint density at radius 3 is 2.43 bits per heavy atom. The van der Waals surface area contributed by atoms with Crippen LogP contribution in [0.5, 0.6) is 0 Å². The van der Waals surface area contributed by atoms with E-state index in [0.717, 1.165) is 12.5 Å². The maximum absolute atomic E-state index is 3.47. The minimum Gasteiger partial charge on any atom is -0.316 e. The second-order valence-electron chi connectivity index (χ2n) is 4.46. The lowest BCUT2D eigenvalue weighted by Crippen LogP contribution is -2.28. The molecule has 1 heterocycles. The van der Waals surface area contributed by atoms with Crippen molar-refractivity contribution in [1.29, 1.82) is 0 Å². The molecule has 1 aliphatic rings. The molecule has 1 atom stereocenters. The Morgan fingerprint density at radius 2 is 1.86 bits per heavy atom. The van der Waals surface area contributed by atoms with Gasteiger partial charge in [-0.2, -0.15) is 0 Å². The van der Waals surface area contributed by atoms with Crippen LogP contribution in [0.4, 0.5) is 0 Å². The Labute approximate surface area is 86.5 Å². The van der Waals surface area contributed by atoms with Crippen molar-refractivity contribution in [3.63, 3.8) is 0 Å². The summed E-state index contributed by atoms with van der Waals surface area (Å²) in [6.45, 7) is 6.73. The molecule has 14 heavy (non-hydrogen) atoms. The standard InChI is InChI=1S/C13H19N/c1-10-6-11(2)8-13(7-10)12-4-3-5-14-9-12/h6-8,12,14H,3-5,9H2,1-2H3/t12-/m0/s1. The van der Waals surface area contributed by atoms with E-state index in [2.05, 4.69) is 37.4 Å². The number of nitrogens with one attached hydrogen (secondary N) is 1. The third-order valence-electron chi connectivity index (χ3n) is 3.01. The monoisotopic (exact) mass is 189 g/mol. The molecule has 1 fully saturated rings. The number of piperidine rings is 1. The SMILES string of the molecule is Cc1cc(C)cc([C@H]2CCCNC2)c1. The molecule has 0 saturated carbocycles. The van der Waals surface area contributed by atoms with Crippen LogP contribution in [0.25, 0.3) is 0 Å². The molecule has 0 unspecified atom stereocenters. The van der Waals surface area contributed by atoms with Crippen LogP contribution < -0.4 is 5.32 Å². The highest BCUT2D eigenvalue weighted by molar-refractivity contribution is 5.31. The zero-order chi connectivity index (χ0) is 9.97. The smallest absolute Gasteiger partial charge is 0.00201 e. The number of aryl methyl sites for hydroxylation is 2. The van der Waals surface area contributed by atoms with E-state index in [1.165, 1.54) is 36.1 Å². The van der Waals surface area contributed by atoms with Crippen LogP contribution in [0.3, 0.4) is 0 Å². The summed E-state index contributed by atoms with van der Waals surface area (Å²) >= 11 is 0. The van der Waals surface area contributed by atoms with Crippen molar-refractivity contribution in [1.82, 2.24) is 5.32 Å². The lowest BCUT2D eigenvalue weighted by Gasteiger charge is -2.23. The van der Waals surface area contributed by atoms with Crippen molar-refractivity contribution < 1.29 is 0 Å². The van der Waals surface area contributed by atoms with Crippen LogP contribution in [0.2, 0.25) is 0 Å².